The minimum atomic E-state index is -0.521. The molecular weight excluding hydrogens is 422 g/mol. The number of aromatic nitrogens is 3. The fourth-order valence-electron chi connectivity index (χ4n) is 4.15. The summed E-state index contributed by atoms with van der Waals surface area (Å²) in [4.78, 5) is 48.2. The van der Waals surface area contributed by atoms with Crippen LogP contribution in [0.3, 0.4) is 0 Å². The monoisotopic (exact) mass is 451 g/mol. The second-order valence-corrected chi connectivity index (χ2v) is 8.24. The van der Waals surface area contributed by atoms with E-state index in [9.17, 15) is 14.4 Å². The number of aromatic amines is 1. The fraction of sp³-hybridized carbons (Fsp3) is 0.417. The lowest BCUT2D eigenvalue weighted by Gasteiger charge is -2.34. The van der Waals surface area contributed by atoms with Gasteiger partial charge < -0.3 is 9.64 Å². The molecule has 33 heavy (non-hydrogen) atoms. The number of carbonyl (C=O) groups is 1. The quantitative estimate of drug-likeness (QED) is 0.584. The van der Waals surface area contributed by atoms with Gasteiger partial charge in [-0.05, 0) is 36.6 Å². The molecule has 0 bridgehead atoms. The van der Waals surface area contributed by atoms with Crippen molar-refractivity contribution in [1.82, 2.24) is 24.3 Å². The summed E-state index contributed by atoms with van der Waals surface area (Å²) in [5.41, 5.74) is 0.926. The number of piperazine rings is 1. The SMILES string of the molecule is CCCn1c(=O)[nH]c(=O)c2cc(C(=O)N3CCN(CCc4ccc(OC)cc4)CC3)cnc21. The van der Waals surface area contributed by atoms with Crippen LogP contribution in [0.25, 0.3) is 11.0 Å². The first-order valence-electron chi connectivity index (χ1n) is 11.3. The maximum atomic E-state index is 13.1. The van der Waals surface area contributed by atoms with Gasteiger partial charge in [-0.1, -0.05) is 19.1 Å². The largest absolute Gasteiger partial charge is 0.497 e. The molecule has 1 aromatic carbocycles. The summed E-state index contributed by atoms with van der Waals surface area (Å²) in [5.74, 6) is 0.705. The molecule has 1 N–H and O–H groups in total. The number of aryl methyl sites for hydroxylation is 1. The summed E-state index contributed by atoms with van der Waals surface area (Å²) in [7, 11) is 1.66. The van der Waals surface area contributed by atoms with E-state index in [1.165, 1.54) is 16.3 Å². The van der Waals surface area contributed by atoms with Gasteiger partial charge in [0.05, 0.1) is 18.1 Å². The number of nitrogens with one attached hydrogen (secondary N) is 1. The molecule has 0 radical (unpaired) electrons. The molecular formula is C24H29N5O4. The molecule has 174 valence electrons. The van der Waals surface area contributed by atoms with Gasteiger partial charge >= 0.3 is 5.69 Å². The maximum absolute atomic E-state index is 13.1. The van der Waals surface area contributed by atoms with Crippen LogP contribution in [0.1, 0.15) is 29.3 Å². The van der Waals surface area contributed by atoms with Gasteiger partial charge in [-0.2, -0.15) is 0 Å². The summed E-state index contributed by atoms with van der Waals surface area (Å²) >= 11 is 0. The molecule has 1 fully saturated rings. The number of nitrogens with zero attached hydrogens (tertiary/aromatic N) is 4. The fourth-order valence-corrected chi connectivity index (χ4v) is 4.15. The molecule has 0 atom stereocenters. The Bertz CT molecular complexity index is 1240. The smallest absolute Gasteiger partial charge is 0.329 e. The molecule has 0 unspecified atom stereocenters. The number of hydrogen-bond acceptors (Lipinski definition) is 6. The van der Waals surface area contributed by atoms with Crippen molar-refractivity contribution in [3.05, 3.63) is 68.5 Å². The van der Waals surface area contributed by atoms with Gasteiger partial charge in [0.15, 0.2) is 0 Å². The lowest BCUT2D eigenvalue weighted by Crippen LogP contribution is -2.49. The average molecular weight is 452 g/mol. The molecule has 3 aromatic rings. The number of amides is 1. The van der Waals surface area contributed by atoms with Gasteiger partial charge in [0, 0.05) is 45.5 Å². The number of ether oxygens (including phenoxy) is 1. The van der Waals surface area contributed by atoms with Gasteiger partial charge in [0.25, 0.3) is 11.5 Å². The molecule has 1 aliphatic heterocycles. The number of methoxy groups -OCH3 is 1. The number of fused-ring (bicyclic) bond motifs is 1. The van der Waals surface area contributed by atoms with Crippen LogP contribution in [0.2, 0.25) is 0 Å². The second-order valence-electron chi connectivity index (χ2n) is 8.24. The van der Waals surface area contributed by atoms with E-state index in [4.69, 9.17) is 4.74 Å². The molecule has 1 saturated heterocycles. The van der Waals surface area contributed by atoms with Gasteiger partial charge in [-0.3, -0.25) is 24.0 Å². The van der Waals surface area contributed by atoms with E-state index in [0.717, 1.165) is 38.2 Å². The second kappa shape index (κ2) is 9.99. The lowest BCUT2D eigenvalue weighted by molar-refractivity contribution is 0.0638. The minimum absolute atomic E-state index is 0.146. The molecule has 4 rings (SSSR count). The zero-order valence-electron chi connectivity index (χ0n) is 19.0. The van der Waals surface area contributed by atoms with Crippen LogP contribution in [-0.2, 0) is 13.0 Å². The molecule has 2 aromatic heterocycles. The van der Waals surface area contributed by atoms with Crippen LogP contribution in [-0.4, -0.2) is 70.1 Å². The Balaban J connectivity index is 1.40. The zero-order chi connectivity index (χ0) is 23.4. The third kappa shape index (κ3) is 4.98. The molecule has 0 spiro atoms. The van der Waals surface area contributed by atoms with Crippen molar-refractivity contribution in [3.63, 3.8) is 0 Å². The number of H-pyrrole nitrogens is 1. The van der Waals surface area contributed by atoms with Crippen molar-refractivity contribution < 1.29 is 9.53 Å². The standard InChI is InChI=1S/C24H29N5O4/c1-3-9-29-21-20(22(30)26-24(29)32)15-18(16-25-21)23(31)28-13-11-27(12-14-28)10-8-17-4-6-19(33-2)7-5-17/h4-7,15-16H,3,8-14H2,1-2H3,(H,26,30,32). The number of carbonyl (C=O) groups excluding carboxylic acids is 1. The first-order chi connectivity index (χ1) is 16.0. The van der Waals surface area contributed by atoms with Crippen LogP contribution in [0.4, 0.5) is 0 Å². The Kier molecular flexibility index (Phi) is 6.88. The van der Waals surface area contributed by atoms with Crippen molar-refractivity contribution in [3.8, 4) is 5.75 Å². The highest BCUT2D eigenvalue weighted by Gasteiger charge is 2.23. The van der Waals surface area contributed by atoms with Crippen LogP contribution in [0, 0.1) is 0 Å². The van der Waals surface area contributed by atoms with E-state index in [1.54, 1.807) is 18.1 Å². The molecule has 0 saturated carbocycles. The van der Waals surface area contributed by atoms with Crippen molar-refractivity contribution in [1.29, 1.82) is 0 Å². The first kappa shape index (κ1) is 22.7. The Hall–Kier alpha value is -3.46. The van der Waals surface area contributed by atoms with E-state index in [2.05, 4.69) is 27.0 Å². The van der Waals surface area contributed by atoms with Gasteiger partial charge in [0.1, 0.15) is 11.4 Å². The van der Waals surface area contributed by atoms with Crippen molar-refractivity contribution >= 4 is 16.9 Å². The highest BCUT2D eigenvalue weighted by molar-refractivity contribution is 5.96. The Morgan fingerprint density at radius 2 is 1.82 bits per heavy atom. The van der Waals surface area contributed by atoms with Crippen LogP contribution < -0.4 is 16.0 Å². The third-order valence-corrected chi connectivity index (χ3v) is 6.06. The van der Waals surface area contributed by atoms with E-state index in [0.29, 0.717) is 30.8 Å². The van der Waals surface area contributed by atoms with E-state index < -0.39 is 11.2 Å². The van der Waals surface area contributed by atoms with E-state index in [1.807, 2.05) is 19.1 Å². The molecule has 9 nitrogen and oxygen atoms in total. The predicted octanol–water partition coefficient (Wildman–Crippen LogP) is 1.50. The highest BCUT2D eigenvalue weighted by Crippen LogP contribution is 2.14. The molecule has 3 heterocycles. The molecule has 1 amide bonds. The molecule has 1 aliphatic rings. The molecule has 0 aliphatic carbocycles. The summed E-state index contributed by atoms with van der Waals surface area (Å²) < 4.78 is 6.64. The van der Waals surface area contributed by atoms with Crippen LogP contribution in [0.5, 0.6) is 5.75 Å². The number of pyridine rings is 1. The summed E-state index contributed by atoms with van der Waals surface area (Å²) in [5, 5.41) is 0.257. The minimum Gasteiger partial charge on any atom is -0.497 e. The van der Waals surface area contributed by atoms with Gasteiger partial charge in [0.2, 0.25) is 0 Å². The van der Waals surface area contributed by atoms with E-state index in [-0.39, 0.29) is 11.3 Å². The number of rotatable bonds is 7. The lowest BCUT2D eigenvalue weighted by atomic mass is 10.1. The van der Waals surface area contributed by atoms with Crippen LogP contribution in [0.15, 0.2) is 46.1 Å². The maximum Gasteiger partial charge on any atom is 0.329 e. The van der Waals surface area contributed by atoms with Crippen molar-refractivity contribution in [2.45, 2.75) is 26.3 Å². The van der Waals surface area contributed by atoms with E-state index >= 15 is 0 Å². The summed E-state index contributed by atoms with van der Waals surface area (Å²) in [6, 6.07) is 9.64. The Morgan fingerprint density at radius 3 is 2.48 bits per heavy atom. The summed E-state index contributed by atoms with van der Waals surface area (Å²) in [6.45, 7) is 6.13. The Morgan fingerprint density at radius 1 is 1.09 bits per heavy atom. The molecule has 9 heteroatoms. The Labute approximate surface area is 191 Å². The number of hydrogen-bond donors (Lipinski definition) is 1. The number of benzene rings is 1. The normalized spacial score (nSPS) is 14.5. The first-order valence-corrected chi connectivity index (χ1v) is 11.3. The topological polar surface area (TPSA) is 101 Å². The average Bonchev–Trinajstić information content (AvgIpc) is 2.85. The summed E-state index contributed by atoms with van der Waals surface area (Å²) in [6.07, 6.45) is 3.13. The van der Waals surface area contributed by atoms with Crippen molar-refractivity contribution in [2.24, 2.45) is 0 Å². The van der Waals surface area contributed by atoms with Crippen molar-refractivity contribution in [2.75, 3.05) is 39.8 Å². The van der Waals surface area contributed by atoms with Gasteiger partial charge in [-0.15, -0.1) is 0 Å². The third-order valence-electron chi connectivity index (χ3n) is 6.06. The zero-order valence-corrected chi connectivity index (χ0v) is 19.0. The predicted molar refractivity (Wildman–Crippen MR) is 126 cm³/mol. The van der Waals surface area contributed by atoms with Gasteiger partial charge in [-0.25, -0.2) is 9.78 Å². The van der Waals surface area contributed by atoms with Crippen LogP contribution >= 0.6 is 0 Å². The highest BCUT2D eigenvalue weighted by atomic mass is 16.5.